The van der Waals surface area contributed by atoms with Gasteiger partial charge in [-0.2, -0.15) is 9.61 Å². The van der Waals surface area contributed by atoms with Gasteiger partial charge in [-0.25, -0.2) is 4.39 Å². The van der Waals surface area contributed by atoms with Gasteiger partial charge in [0.15, 0.2) is 16.9 Å². The fraction of sp³-hybridized carbons (Fsp3) is 0.167. The van der Waals surface area contributed by atoms with Crippen LogP contribution in [0, 0.1) is 5.82 Å². The van der Waals surface area contributed by atoms with Crippen LogP contribution >= 0.6 is 22.9 Å². The van der Waals surface area contributed by atoms with Crippen molar-refractivity contribution in [2.45, 2.75) is 18.9 Å². The molecule has 5 nitrogen and oxygen atoms in total. The Labute approximate surface area is 157 Å². The SMILES string of the molecule is Fc1ccc2c(c1)CCC(c1nn3c(-c4ccc(Cl)cc4)nnc3s1)O2. The Bertz CT molecular complexity index is 1110. The van der Waals surface area contributed by atoms with Crippen molar-refractivity contribution >= 4 is 27.9 Å². The Balaban J connectivity index is 1.49. The molecule has 2 aromatic carbocycles. The quantitative estimate of drug-likeness (QED) is 0.500. The first kappa shape index (κ1) is 15.7. The number of aryl methyl sites for hydroxylation is 1. The molecular formula is C18H12ClFN4OS. The predicted molar refractivity (Wildman–Crippen MR) is 97.2 cm³/mol. The van der Waals surface area contributed by atoms with Gasteiger partial charge in [-0.1, -0.05) is 22.9 Å². The summed E-state index contributed by atoms with van der Waals surface area (Å²) in [5, 5.41) is 14.6. The van der Waals surface area contributed by atoms with Gasteiger partial charge in [-0.3, -0.25) is 0 Å². The van der Waals surface area contributed by atoms with Crippen LogP contribution in [-0.4, -0.2) is 19.8 Å². The zero-order valence-electron chi connectivity index (χ0n) is 13.4. The molecule has 0 aliphatic carbocycles. The van der Waals surface area contributed by atoms with E-state index in [-0.39, 0.29) is 11.9 Å². The highest BCUT2D eigenvalue weighted by Crippen LogP contribution is 2.37. The smallest absolute Gasteiger partial charge is 0.235 e. The second kappa shape index (κ2) is 6.03. The van der Waals surface area contributed by atoms with E-state index in [1.807, 2.05) is 24.3 Å². The standard InChI is InChI=1S/C18H12ClFN4OS/c19-12-4-1-10(2-5-12)16-21-22-18-24(16)23-17(26-18)15-7-3-11-9-13(20)6-8-14(11)25-15/h1-2,4-6,8-9,15H,3,7H2. The third-order valence-electron chi connectivity index (χ3n) is 4.35. The molecule has 5 rings (SSSR count). The van der Waals surface area contributed by atoms with Gasteiger partial charge in [0.2, 0.25) is 4.96 Å². The van der Waals surface area contributed by atoms with E-state index in [1.54, 1.807) is 10.6 Å². The number of halogens is 2. The summed E-state index contributed by atoms with van der Waals surface area (Å²) in [5.41, 5.74) is 1.79. The summed E-state index contributed by atoms with van der Waals surface area (Å²) in [6.07, 6.45) is 1.33. The first-order chi connectivity index (χ1) is 12.7. The van der Waals surface area contributed by atoms with Crippen LogP contribution in [0.1, 0.15) is 23.1 Å². The molecule has 0 spiro atoms. The third-order valence-corrected chi connectivity index (χ3v) is 5.59. The number of aromatic nitrogens is 4. The summed E-state index contributed by atoms with van der Waals surface area (Å²) in [6.45, 7) is 0. The first-order valence-electron chi connectivity index (χ1n) is 8.10. The summed E-state index contributed by atoms with van der Waals surface area (Å²) in [4.78, 5) is 0.707. The number of nitrogens with zero attached hydrogens (tertiary/aromatic N) is 4. The number of ether oxygens (including phenoxy) is 1. The van der Waals surface area contributed by atoms with E-state index in [0.29, 0.717) is 21.6 Å². The number of hydrogen-bond acceptors (Lipinski definition) is 5. The molecule has 0 fully saturated rings. The fourth-order valence-electron chi connectivity index (χ4n) is 3.07. The number of rotatable bonds is 2. The fourth-order valence-corrected chi connectivity index (χ4v) is 4.10. The largest absolute Gasteiger partial charge is 0.483 e. The molecule has 1 unspecified atom stereocenters. The van der Waals surface area contributed by atoms with E-state index in [0.717, 1.165) is 29.0 Å². The van der Waals surface area contributed by atoms with Crippen molar-refractivity contribution in [3.05, 3.63) is 63.9 Å². The van der Waals surface area contributed by atoms with Crippen LogP contribution in [0.2, 0.25) is 5.02 Å². The topological polar surface area (TPSA) is 52.3 Å². The molecule has 0 saturated heterocycles. The van der Waals surface area contributed by atoms with Crippen molar-refractivity contribution in [2.75, 3.05) is 0 Å². The molecule has 0 radical (unpaired) electrons. The average molecular weight is 387 g/mol. The lowest BCUT2D eigenvalue weighted by Crippen LogP contribution is -2.15. The van der Waals surface area contributed by atoms with Crippen molar-refractivity contribution < 1.29 is 9.13 Å². The minimum Gasteiger partial charge on any atom is -0.483 e. The van der Waals surface area contributed by atoms with Crippen molar-refractivity contribution in [3.63, 3.8) is 0 Å². The summed E-state index contributed by atoms with van der Waals surface area (Å²) in [6, 6.07) is 12.0. The number of hydrogen-bond donors (Lipinski definition) is 0. The van der Waals surface area contributed by atoms with Crippen LogP contribution in [0.3, 0.4) is 0 Å². The molecule has 8 heteroatoms. The van der Waals surface area contributed by atoms with Gasteiger partial charge in [0.05, 0.1) is 0 Å². The van der Waals surface area contributed by atoms with E-state index >= 15 is 0 Å². The molecule has 1 aliphatic rings. The van der Waals surface area contributed by atoms with Crippen LogP contribution in [-0.2, 0) is 6.42 Å². The molecule has 0 bridgehead atoms. The molecule has 26 heavy (non-hydrogen) atoms. The zero-order chi connectivity index (χ0) is 17.7. The van der Waals surface area contributed by atoms with Gasteiger partial charge in [0.1, 0.15) is 11.6 Å². The maximum absolute atomic E-state index is 13.4. The van der Waals surface area contributed by atoms with Crippen molar-refractivity contribution in [2.24, 2.45) is 0 Å². The highest BCUT2D eigenvalue weighted by atomic mass is 35.5. The Kier molecular flexibility index (Phi) is 3.65. The summed E-state index contributed by atoms with van der Waals surface area (Å²) < 4.78 is 21.1. The second-order valence-electron chi connectivity index (χ2n) is 6.06. The second-order valence-corrected chi connectivity index (χ2v) is 7.49. The van der Waals surface area contributed by atoms with Crippen LogP contribution in [0.4, 0.5) is 4.39 Å². The Morgan fingerprint density at radius 1 is 1.15 bits per heavy atom. The molecule has 1 atom stereocenters. The maximum Gasteiger partial charge on any atom is 0.235 e. The van der Waals surface area contributed by atoms with Crippen LogP contribution < -0.4 is 4.74 Å². The van der Waals surface area contributed by atoms with Gasteiger partial charge in [0.25, 0.3) is 0 Å². The van der Waals surface area contributed by atoms with E-state index < -0.39 is 0 Å². The molecule has 3 heterocycles. The first-order valence-corrected chi connectivity index (χ1v) is 9.30. The van der Waals surface area contributed by atoms with E-state index in [1.165, 1.54) is 23.5 Å². The molecule has 0 amide bonds. The van der Waals surface area contributed by atoms with E-state index in [9.17, 15) is 4.39 Å². The van der Waals surface area contributed by atoms with E-state index in [4.69, 9.17) is 16.3 Å². The van der Waals surface area contributed by atoms with Crippen molar-refractivity contribution in [1.29, 1.82) is 0 Å². The normalized spacial score (nSPS) is 16.5. The average Bonchev–Trinajstić information content (AvgIpc) is 3.23. The van der Waals surface area contributed by atoms with Crippen LogP contribution in [0.25, 0.3) is 16.3 Å². The molecule has 0 saturated carbocycles. The molecular weight excluding hydrogens is 375 g/mol. The lowest BCUT2D eigenvalue weighted by molar-refractivity contribution is 0.174. The maximum atomic E-state index is 13.4. The summed E-state index contributed by atoms with van der Waals surface area (Å²) in [5.74, 6) is 1.14. The third kappa shape index (κ3) is 2.64. The Morgan fingerprint density at radius 2 is 2.00 bits per heavy atom. The molecule has 1 aliphatic heterocycles. The Hall–Kier alpha value is -2.51. The highest BCUT2D eigenvalue weighted by Gasteiger charge is 2.26. The Morgan fingerprint density at radius 3 is 2.85 bits per heavy atom. The van der Waals surface area contributed by atoms with Crippen LogP contribution in [0.15, 0.2) is 42.5 Å². The summed E-state index contributed by atoms with van der Waals surface area (Å²) >= 11 is 7.40. The molecule has 2 aromatic heterocycles. The lowest BCUT2D eigenvalue weighted by Gasteiger charge is -2.24. The van der Waals surface area contributed by atoms with Crippen molar-refractivity contribution in [3.8, 4) is 17.1 Å². The lowest BCUT2D eigenvalue weighted by atomic mass is 10.0. The predicted octanol–water partition coefficient (Wildman–Crippen LogP) is 4.71. The summed E-state index contributed by atoms with van der Waals surface area (Å²) in [7, 11) is 0. The minimum atomic E-state index is -0.239. The van der Waals surface area contributed by atoms with Gasteiger partial charge in [-0.15, -0.1) is 10.2 Å². The molecule has 4 aromatic rings. The highest BCUT2D eigenvalue weighted by molar-refractivity contribution is 7.16. The van der Waals surface area contributed by atoms with Crippen molar-refractivity contribution in [1.82, 2.24) is 19.8 Å². The van der Waals surface area contributed by atoms with Gasteiger partial charge >= 0.3 is 0 Å². The van der Waals surface area contributed by atoms with E-state index in [2.05, 4.69) is 15.3 Å². The number of fused-ring (bicyclic) bond motifs is 2. The van der Waals surface area contributed by atoms with Gasteiger partial charge in [-0.05, 0) is 60.9 Å². The van der Waals surface area contributed by atoms with Gasteiger partial charge in [0, 0.05) is 10.6 Å². The number of benzene rings is 2. The molecule has 0 N–H and O–H groups in total. The molecule has 130 valence electrons. The minimum absolute atomic E-state index is 0.169. The van der Waals surface area contributed by atoms with Gasteiger partial charge < -0.3 is 4.74 Å². The zero-order valence-corrected chi connectivity index (χ0v) is 15.0. The monoisotopic (exact) mass is 386 g/mol. The van der Waals surface area contributed by atoms with Crippen LogP contribution in [0.5, 0.6) is 5.75 Å².